The van der Waals surface area contributed by atoms with Crippen molar-refractivity contribution in [2.45, 2.75) is 18.1 Å². The Kier molecular flexibility index (Phi) is 4.60. The molecule has 0 radical (unpaired) electrons. The second kappa shape index (κ2) is 6.69. The first-order chi connectivity index (χ1) is 11.9. The summed E-state index contributed by atoms with van der Waals surface area (Å²) in [6.07, 6.45) is -0.0550. The first-order valence-corrected chi connectivity index (χ1v) is 8.82. The fraction of sp³-hybridized carbons (Fsp3) is 0.250. The summed E-state index contributed by atoms with van der Waals surface area (Å²) < 4.78 is 40.4. The predicted molar refractivity (Wildman–Crippen MR) is 87.1 cm³/mol. The van der Waals surface area contributed by atoms with Gasteiger partial charge >= 0.3 is 5.97 Å². The molecular weight excluding hydrogens is 348 g/mol. The number of aromatic nitrogens is 1. The van der Waals surface area contributed by atoms with Gasteiger partial charge in [0, 0.05) is 19.5 Å². The average molecular weight is 364 g/mol. The van der Waals surface area contributed by atoms with Crippen molar-refractivity contribution in [2.24, 2.45) is 0 Å². The van der Waals surface area contributed by atoms with E-state index in [0.717, 1.165) is 9.69 Å². The number of benzene rings is 1. The molecule has 0 aliphatic carbocycles. The second-order valence-corrected chi connectivity index (χ2v) is 7.55. The maximum Gasteiger partial charge on any atom is 0.312 e. The van der Waals surface area contributed by atoms with Crippen LogP contribution in [0.15, 0.2) is 50.4 Å². The fourth-order valence-corrected chi connectivity index (χ4v) is 2.97. The smallest absolute Gasteiger partial charge is 0.312 e. The quantitative estimate of drug-likeness (QED) is 0.616. The lowest BCUT2D eigenvalue weighted by Gasteiger charge is -2.07. The molecule has 3 aromatic rings. The molecule has 132 valence electrons. The molecule has 0 atom stereocenters. The van der Waals surface area contributed by atoms with E-state index in [1.54, 1.807) is 12.1 Å². The van der Waals surface area contributed by atoms with Gasteiger partial charge in [0.1, 0.15) is 18.1 Å². The summed E-state index contributed by atoms with van der Waals surface area (Å²) in [4.78, 5) is 12.0. The normalized spacial score (nSPS) is 12.0. The molecule has 1 aromatic carbocycles. The van der Waals surface area contributed by atoms with Crippen LogP contribution in [0.3, 0.4) is 0 Å². The van der Waals surface area contributed by atoms with Crippen LogP contribution in [-0.4, -0.2) is 37.9 Å². The maximum atomic E-state index is 12.0. The number of carbonyl (C=O) groups excluding carboxylic acids is 1. The summed E-state index contributed by atoms with van der Waals surface area (Å²) in [7, 11) is -0.851. The number of esters is 1. The van der Waals surface area contributed by atoms with Gasteiger partial charge in [-0.15, -0.1) is 0 Å². The SMILES string of the molecule is CN(C)S(=O)(=O)c1ccc(COC(=O)Cc2noc3ccccc23)o1. The molecule has 0 N–H and O–H groups in total. The van der Waals surface area contributed by atoms with Crippen LogP contribution in [-0.2, 0) is 32.6 Å². The van der Waals surface area contributed by atoms with Gasteiger partial charge < -0.3 is 13.7 Å². The van der Waals surface area contributed by atoms with Crippen molar-refractivity contribution in [3.8, 4) is 0 Å². The molecule has 25 heavy (non-hydrogen) atoms. The highest BCUT2D eigenvalue weighted by molar-refractivity contribution is 7.88. The van der Waals surface area contributed by atoms with Crippen molar-refractivity contribution in [2.75, 3.05) is 14.1 Å². The zero-order valence-electron chi connectivity index (χ0n) is 13.6. The van der Waals surface area contributed by atoms with Crippen LogP contribution in [0.2, 0.25) is 0 Å². The molecule has 8 nitrogen and oxygen atoms in total. The van der Waals surface area contributed by atoms with Crippen LogP contribution in [0.1, 0.15) is 11.5 Å². The number of hydrogen-bond donors (Lipinski definition) is 0. The zero-order chi connectivity index (χ0) is 18.0. The summed E-state index contributed by atoms with van der Waals surface area (Å²) in [6.45, 7) is -0.169. The monoisotopic (exact) mass is 364 g/mol. The average Bonchev–Trinajstić information content (AvgIpc) is 3.21. The third kappa shape index (κ3) is 3.57. The van der Waals surface area contributed by atoms with Gasteiger partial charge in [-0.1, -0.05) is 17.3 Å². The van der Waals surface area contributed by atoms with E-state index in [1.165, 1.54) is 26.2 Å². The van der Waals surface area contributed by atoms with Crippen molar-refractivity contribution < 1.29 is 26.9 Å². The number of nitrogens with zero attached hydrogens (tertiary/aromatic N) is 2. The lowest BCUT2D eigenvalue weighted by atomic mass is 10.2. The number of fused-ring (bicyclic) bond motifs is 1. The van der Waals surface area contributed by atoms with E-state index in [9.17, 15) is 13.2 Å². The first kappa shape index (κ1) is 17.2. The minimum Gasteiger partial charge on any atom is -0.457 e. The molecule has 0 bridgehead atoms. The van der Waals surface area contributed by atoms with Crippen LogP contribution in [0.4, 0.5) is 0 Å². The second-order valence-electron chi connectivity index (χ2n) is 5.47. The fourth-order valence-electron chi connectivity index (χ4n) is 2.16. The van der Waals surface area contributed by atoms with Crippen molar-refractivity contribution in [3.05, 3.63) is 47.9 Å². The van der Waals surface area contributed by atoms with E-state index in [0.29, 0.717) is 11.3 Å². The minimum atomic E-state index is -3.66. The minimum absolute atomic E-state index is 0.0550. The van der Waals surface area contributed by atoms with Gasteiger partial charge in [-0.25, -0.2) is 12.7 Å². The Hall–Kier alpha value is -2.65. The number of sulfonamides is 1. The van der Waals surface area contributed by atoms with Gasteiger partial charge in [-0.05, 0) is 24.3 Å². The zero-order valence-corrected chi connectivity index (χ0v) is 14.4. The van der Waals surface area contributed by atoms with Crippen LogP contribution >= 0.6 is 0 Å². The molecule has 2 aromatic heterocycles. The third-order valence-corrected chi connectivity index (χ3v) is 5.20. The summed E-state index contributed by atoms with van der Waals surface area (Å²) in [5, 5.41) is 4.41. The molecule has 0 amide bonds. The molecule has 2 heterocycles. The largest absolute Gasteiger partial charge is 0.457 e. The van der Waals surface area contributed by atoms with E-state index in [2.05, 4.69) is 5.16 Å². The predicted octanol–water partition coefficient (Wildman–Crippen LogP) is 1.96. The molecule has 0 aliphatic heterocycles. The number of hydrogen-bond acceptors (Lipinski definition) is 7. The number of furan rings is 1. The van der Waals surface area contributed by atoms with Gasteiger partial charge in [0.15, 0.2) is 5.58 Å². The van der Waals surface area contributed by atoms with E-state index in [4.69, 9.17) is 13.7 Å². The van der Waals surface area contributed by atoms with Crippen LogP contribution in [0, 0.1) is 0 Å². The van der Waals surface area contributed by atoms with Crippen LogP contribution in [0.5, 0.6) is 0 Å². The Morgan fingerprint density at radius 2 is 1.96 bits per heavy atom. The van der Waals surface area contributed by atoms with Gasteiger partial charge in [-0.2, -0.15) is 0 Å². The third-order valence-electron chi connectivity index (χ3n) is 3.51. The highest BCUT2D eigenvalue weighted by atomic mass is 32.2. The Morgan fingerprint density at radius 1 is 1.20 bits per heavy atom. The van der Waals surface area contributed by atoms with Gasteiger partial charge in [0.2, 0.25) is 5.09 Å². The highest BCUT2D eigenvalue weighted by Gasteiger charge is 2.22. The molecule has 0 fully saturated rings. The van der Waals surface area contributed by atoms with Crippen LogP contribution in [0.25, 0.3) is 11.0 Å². The first-order valence-electron chi connectivity index (χ1n) is 7.38. The van der Waals surface area contributed by atoms with Gasteiger partial charge in [0.25, 0.3) is 10.0 Å². The Balaban J connectivity index is 1.62. The van der Waals surface area contributed by atoms with E-state index in [1.807, 2.05) is 12.1 Å². The summed E-state index contributed by atoms with van der Waals surface area (Å²) in [5.41, 5.74) is 1.07. The molecular formula is C16H16N2O6S. The highest BCUT2D eigenvalue weighted by Crippen LogP contribution is 2.20. The van der Waals surface area contributed by atoms with E-state index in [-0.39, 0.29) is 23.9 Å². The molecule has 0 aliphatic rings. The van der Waals surface area contributed by atoms with Crippen molar-refractivity contribution in [1.29, 1.82) is 0 Å². The van der Waals surface area contributed by atoms with Crippen LogP contribution < -0.4 is 0 Å². The van der Waals surface area contributed by atoms with Gasteiger partial charge in [-0.3, -0.25) is 4.79 Å². The number of rotatable bonds is 6. The molecule has 0 unspecified atom stereocenters. The van der Waals surface area contributed by atoms with E-state index < -0.39 is 16.0 Å². The summed E-state index contributed by atoms with van der Waals surface area (Å²) in [6, 6.07) is 9.97. The van der Waals surface area contributed by atoms with Crippen molar-refractivity contribution in [3.63, 3.8) is 0 Å². The molecule has 0 spiro atoms. The Labute approximate surface area is 144 Å². The molecule has 0 saturated carbocycles. The van der Waals surface area contributed by atoms with E-state index >= 15 is 0 Å². The Bertz CT molecular complexity index is 1000. The number of para-hydroxylation sites is 1. The van der Waals surface area contributed by atoms with Crippen molar-refractivity contribution in [1.82, 2.24) is 9.46 Å². The standard InChI is InChI=1S/C16H16N2O6S/c1-18(2)25(20,21)16-8-7-11(23-16)10-22-15(19)9-13-12-5-3-4-6-14(12)24-17-13/h3-8H,9-10H2,1-2H3. The summed E-state index contributed by atoms with van der Waals surface area (Å²) in [5.74, 6) is -0.286. The maximum absolute atomic E-state index is 12.0. The van der Waals surface area contributed by atoms with Crippen molar-refractivity contribution >= 4 is 27.0 Å². The number of carbonyl (C=O) groups is 1. The topological polar surface area (TPSA) is 103 Å². The van der Waals surface area contributed by atoms with Gasteiger partial charge in [0.05, 0.1) is 6.42 Å². The molecule has 9 heteroatoms. The lowest BCUT2D eigenvalue weighted by Crippen LogP contribution is -2.21. The molecule has 0 saturated heterocycles. The summed E-state index contributed by atoms with van der Waals surface area (Å²) >= 11 is 0. The Morgan fingerprint density at radius 3 is 2.72 bits per heavy atom. The number of ether oxygens (including phenoxy) is 1. The molecule has 3 rings (SSSR count). The lowest BCUT2D eigenvalue weighted by molar-refractivity contribution is -0.144.